The van der Waals surface area contributed by atoms with Gasteiger partial charge in [0, 0.05) is 16.7 Å². The van der Waals surface area contributed by atoms with Crippen molar-refractivity contribution in [1.82, 2.24) is 9.97 Å². The third-order valence-corrected chi connectivity index (χ3v) is 4.43. The van der Waals surface area contributed by atoms with E-state index in [-0.39, 0.29) is 11.7 Å². The first-order valence-corrected chi connectivity index (χ1v) is 8.68. The molecule has 118 valence electrons. The van der Waals surface area contributed by atoms with Gasteiger partial charge in [0.1, 0.15) is 5.82 Å². The van der Waals surface area contributed by atoms with E-state index in [1.807, 2.05) is 31.2 Å². The molecule has 0 saturated carbocycles. The molecule has 0 aliphatic carbocycles. The Bertz CT molecular complexity index is 725. The minimum Gasteiger partial charge on any atom is -0.384 e. The minimum absolute atomic E-state index is 0.163. The SMILES string of the molecule is Cc1cc(N)nc(SCC(=O)Nc2ccccc2SCC#N)n1. The van der Waals surface area contributed by atoms with Crippen LogP contribution in [0.5, 0.6) is 0 Å². The lowest BCUT2D eigenvalue weighted by Crippen LogP contribution is -2.15. The lowest BCUT2D eigenvalue weighted by atomic mass is 10.3. The fourth-order valence-corrected chi connectivity index (χ4v) is 3.13. The zero-order chi connectivity index (χ0) is 16.7. The molecule has 0 aliphatic rings. The van der Waals surface area contributed by atoms with Gasteiger partial charge in [0.05, 0.1) is 23.3 Å². The smallest absolute Gasteiger partial charge is 0.234 e. The first-order valence-electron chi connectivity index (χ1n) is 6.71. The Balaban J connectivity index is 1.96. The molecule has 0 radical (unpaired) electrons. The highest BCUT2D eigenvalue weighted by molar-refractivity contribution is 8.00. The second kappa shape index (κ2) is 8.41. The predicted octanol–water partition coefficient (Wildman–Crippen LogP) is 2.71. The second-order valence-electron chi connectivity index (χ2n) is 4.50. The molecule has 3 N–H and O–H groups in total. The molecule has 1 amide bonds. The molecule has 0 atom stereocenters. The van der Waals surface area contributed by atoms with Crippen LogP contribution in [0.3, 0.4) is 0 Å². The fourth-order valence-electron chi connectivity index (χ4n) is 1.75. The van der Waals surface area contributed by atoms with Crippen LogP contribution in [0.4, 0.5) is 11.5 Å². The highest BCUT2D eigenvalue weighted by atomic mass is 32.2. The first-order chi connectivity index (χ1) is 11.1. The van der Waals surface area contributed by atoms with Gasteiger partial charge in [0.25, 0.3) is 0 Å². The van der Waals surface area contributed by atoms with Crippen LogP contribution in [0.25, 0.3) is 0 Å². The molecule has 0 saturated heterocycles. The van der Waals surface area contributed by atoms with E-state index in [0.717, 1.165) is 10.6 Å². The summed E-state index contributed by atoms with van der Waals surface area (Å²) in [5, 5.41) is 12.0. The van der Waals surface area contributed by atoms with Crippen molar-refractivity contribution in [3.05, 3.63) is 36.0 Å². The lowest BCUT2D eigenvalue weighted by Gasteiger charge is -2.09. The zero-order valence-electron chi connectivity index (χ0n) is 12.4. The predicted molar refractivity (Wildman–Crippen MR) is 93.3 cm³/mol. The third-order valence-electron chi connectivity index (χ3n) is 2.64. The largest absolute Gasteiger partial charge is 0.384 e. The summed E-state index contributed by atoms with van der Waals surface area (Å²) in [5.41, 5.74) is 7.12. The summed E-state index contributed by atoms with van der Waals surface area (Å²) in [5.74, 6) is 0.736. The molecule has 0 fully saturated rings. The van der Waals surface area contributed by atoms with E-state index >= 15 is 0 Å². The van der Waals surface area contributed by atoms with Crippen molar-refractivity contribution < 1.29 is 4.79 Å². The van der Waals surface area contributed by atoms with Gasteiger partial charge in [0.2, 0.25) is 5.91 Å². The van der Waals surface area contributed by atoms with E-state index in [1.165, 1.54) is 23.5 Å². The zero-order valence-corrected chi connectivity index (χ0v) is 14.1. The van der Waals surface area contributed by atoms with Gasteiger partial charge in [-0.1, -0.05) is 23.9 Å². The molecular weight excluding hydrogens is 330 g/mol. The van der Waals surface area contributed by atoms with E-state index in [2.05, 4.69) is 21.4 Å². The van der Waals surface area contributed by atoms with Gasteiger partial charge in [-0.2, -0.15) is 5.26 Å². The van der Waals surface area contributed by atoms with Crippen molar-refractivity contribution in [1.29, 1.82) is 5.26 Å². The van der Waals surface area contributed by atoms with Crippen molar-refractivity contribution in [3.8, 4) is 6.07 Å². The first kappa shape index (κ1) is 17.1. The molecule has 0 spiro atoms. The Labute approximate surface area is 142 Å². The maximum atomic E-state index is 12.1. The number of nitriles is 1. The Morgan fingerprint density at radius 3 is 2.87 bits per heavy atom. The van der Waals surface area contributed by atoms with Gasteiger partial charge < -0.3 is 11.1 Å². The topological polar surface area (TPSA) is 105 Å². The number of rotatable bonds is 6. The van der Waals surface area contributed by atoms with Gasteiger partial charge in [-0.05, 0) is 19.1 Å². The average Bonchev–Trinajstić information content (AvgIpc) is 2.51. The molecule has 0 bridgehead atoms. The lowest BCUT2D eigenvalue weighted by molar-refractivity contribution is -0.113. The number of thioether (sulfide) groups is 2. The highest BCUT2D eigenvalue weighted by Gasteiger charge is 2.09. The van der Waals surface area contributed by atoms with Crippen LogP contribution >= 0.6 is 23.5 Å². The second-order valence-corrected chi connectivity index (χ2v) is 6.46. The number of nitrogen functional groups attached to an aromatic ring is 1. The number of aryl methyl sites for hydroxylation is 1. The van der Waals surface area contributed by atoms with Crippen LogP contribution in [-0.4, -0.2) is 27.4 Å². The van der Waals surface area contributed by atoms with Gasteiger partial charge in [0.15, 0.2) is 5.16 Å². The van der Waals surface area contributed by atoms with Gasteiger partial charge in [-0.25, -0.2) is 9.97 Å². The van der Waals surface area contributed by atoms with Crippen molar-refractivity contribution in [2.75, 3.05) is 22.6 Å². The van der Waals surface area contributed by atoms with Crippen LogP contribution in [0.15, 0.2) is 40.4 Å². The molecule has 0 unspecified atom stereocenters. The summed E-state index contributed by atoms with van der Waals surface area (Å²) in [7, 11) is 0. The number of hydrogen-bond donors (Lipinski definition) is 2. The number of nitrogens with one attached hydrogen (secondary N) is 1. The van der Waals surface area contributed by atoms with Gasteiger partial charge >= 0.3 is 0 Å². The normalized spacial score (nSPS) is 10.1. The van der Waals surface area contributed by atoms with Crippen molar-refractivity contribution in [2.45, 2.75) is 17.0 Å². The number of nitrogens with zero attached hydrogens (tertiary/aromatic N) is 3. The number of anilines is 2. The van der Waals surface area contributed by atoms with E-state index in [9.17, 15) is 4.79 Å². The van der Waals surface area contributed by atoms with Crippen molar-refractivity contribution >= 4 is 40.9 Å². The van der Waals surface area contributed by atoms with Gasteiger partial charge in [-0.3, -0.25) is 4.79 Å². The number of hydrogen-bond acceptors (Lipinski definition) is 7. The maximum Gasteiger partial charge on any atom is 0.234 e. The standard InChI is InChI=1S/C15H15N5OS2/c1-10-8-13(17)20-15(18-10)23-9-14(21)19-11-4-2-3-5-12(11)22-7-6-16/h2-5,8H,7,9H2,1H3,(H,19,21)(H2,17,18,20). The molecule has 1 aromatic heterocycles. The van der Waals surface area contributed by atoms with E-state index in [0.29, 0.717) is 22.4 Å². The van der Waals surface area contributed by atoms with Crippen LogP contribution in [0, 0.1) is 18.3 Å². The van der Waals surface area contributed by atoms with E-state index in [4.69, 9.17) is 11.0 Å². The summed E-state index contributed by atoms with van der Waals surface area (Å²) >= 11 is 2.61. The Kier molecular flexibility index (Phi) is 6.26. The van der Waals surface area contributed by atoms with E-state index < -0.39 is 0 Å². The van der Waals surface area contributed by atoms with Crippen molar-refractivity contribution in [2.24, 2.45) is 0 Å². The number of amides is 1. The molecule has 23 heavy (non-hydrogen) atoms. The summed E-state index contributed by atoms with van der Waals surface area (Å²) < 4.78 is 0. The van der Waals surface area contributed by atoms with Crippen LogP contribution in [-0.2, 0) is 4.79 Å². The van der Waals surface area contributed by atoms with Crippen LogP contribution in [0.2, 0.25) is 0 Å². The number of carbonyl (C=O) groups excluding carboxylic acids is 1. The summed E-state index contributed by atoms with van der Waals surface area (Å²) in [6.45, 7) is 1.82. The Morgan fingerprint density at radius 2 is 2.13 bits per heavy atom. The summed E-state index contributed by atoms with van der Waals surface area (Å²) in [6, 6.07) is 11.1. The number of carbonyl (C=O) groups is 1. The molecule has 8 heteroatoms. The fraction of sp³-hybridized carbons (Fsp3) is 0.200. The Morgan fingerprint density at radius 1 is 1.35 bits per heavy atom. The molecule has 6 nitrogen and oxygen atoms in total. The van der Waals surface area contributed by atoms with E-state index in [1.54, 1.807) is 6.07 Å². The minimum atomic E-state index is -0.163. The molecule has 2 rings (SSSR count). The number of benzene rings is 1. The van der Waals surface area contributed by atoms with Gasteiger partial charge in [-0.15, -0.1) is 11.8 Å². The maximum absolute atomic E-state index is 12.1. The molecule has 0 aliphatic heterocycles. The van der Waals surface area contributed by atoms with Crippen molar-refractivity contribution in [3.63, 3.8) is 0 Å². The third kappa shape index (κ3) is 5.47. The summed E-state index contributed by atoms with van der Waals surface area (Å²) in [6.07, 6.45) is 0. The quantitative estimate of drug-likeness (QED) is 0.612. The molecule has 2 aromatic rings. The average molecular weight is 345 g/mol. The number of aromatic nitrogens is 2. The monoisotopic (exact) mass is 345 g/mol. The summed E-state index contributed by atoms with van der Waals surface area (Å²) in [4.78, 5) is 21.3. The molecular formula is C15H15N5OS2. The highest BCUT2D eigenvalue weighted by Crippen LogP contribution is 2.27. The van der Waals surface area contributed by atoms with Crippen LogP contribution in [0.1, 0.15) is 5.69 Å². The number of para-hydroxylation sites is 1. The van der Waals surface area contributed by atoms with Crippen LogP contribution < -0.4 is 11.1 Å². The Hall–Kier alpha value is -2.24. The number of nitrogens with two attached hydrogens (primary N) is 1. The molecule has 1 aromatic carbocycles. The molecule has 1 heterocycles.